The number of halogens is 3. The zero-order chi connectivity index (χ0) is 14.5. The fourth-order valence-corrected chi connectivity index (χ4v) is 1.89. The van der Waals surface area contributed by atoms with Crippen molar-refractivity contribution in [3.8, 4) is 0 Å². The van der Waals surface area contributed by atoms with Crippen LogP contribution in [0.4, 0.5) is 13.2 Å². The molecule has 0 aliphatic heterocycles. The minimum Gasteiger partial charge on any atom is -0.381 e. The lowest BCUT2D eigenvalue weighted by Crippen LogP contribution is -2.21. The highest BCUT2D eigenvalue weighted by Crippen LogP contribution is 2.28. The molecule has 0 aliphatic carbocycles. The van der Waals surface area contributed by atoms with Crippen LogP contribution in [0.15, 0.2) is 5.16 Å². The molecule has 9 heteroatoms. The van der Waals surface area contributed by atoms with Crippen LogP contribution in [0.1, 0.15) is 26.1 Å². The van der Waals surface area contributed by atoms with Gasteiger partial charge in [0.2, 0.25) is 5.16 Å². The molecule has 0 bridgehead atoms. The Morgan fingerprint density at radius 2 is 2.00 bits per heavy atom. The standard InChI is InChI=1S/C10H17F3N4OS/c1-7(2)3-4-18-5-6-19-9-16-15-8(17(9)14)10(11,12)13/h7H,3-6,14H2,1-2H3. The number of rotatable bonds is 7. The Morgan fingerprint density at radius 3 is 2.53 bits per heavy atom. The van der Waals surface area contributed by atoms with Gasteiger partial charge in [0, 0.05) is 12.4 Å². The monoisotopic (exact) mass is 298 g/mol. The van der Waals surface area contributed by atoms with Crippen LogP contribution in [0.2, 0.25) is 0 Å². The summed E-state index contributed by atoms with van der Waals surface area (Å²) in [6, 6.07) is 0. The summed E-state index contributed by atoms with van der Waals surface area (Å²) in [5.41, 5.74) is 0. The van der Waals surface area contributed by atoms with Gasteiger partial charge in [-0.1, -0.05) is 25.6 Å². The van der Waals surface area contributed by atoms with E-state index in [1.165, 1.54) is 0 Å². The lowest BCUT2D eigenvalue weighted by atomic mass is 10.1. The lowest BCUT2D eigenvalue weighted by Gasteiger charge is -2.07. The van der Waals surface area contributed by atoms with Gasteiger partial charge in [-0.3, -0.25) is 0 Å². The van der Waals surface area contributed by atoms with Crippen molar-refractivity contribution in [2.45, 2.75) is 31.6 Å². The number of hydrogen-bond donors (Lipinski definition) is 1. The SMILES string of the molecule is CC(C)CCOCCSc1nnc(C(F)(F)F)n1N. The summed E-state index contributed by atoms with van der Waals surface area (Å²) >= 11 is 1.08. The maximum Gasteiger partial charge on any atom is 0.453 e. The second-order valence-corrected chi connectivity index (χ2v) is 5.38. The topological polar surface area (TPSA) is 66.0 Å². The van der Waals surface area contributed by atoms with Crippen LogP contribution in [0.3, 0.4) is 0 Å². The molecule has 1 rings (SSSR count). The molecule has 0 atom stereocenters. The molecule has 0 spiro atoms. The Bertz CT molecular complexity index is 395. The molecule has 19 heavy (non-hydrogen) atoms. The van der Waals surface area contributed by atoms with E-state index in [2.05, 4.69) is 24.0 Å². The fourth-order valence-electron chi connectivity index (χ4n) is 1.18. The van der Waals surface area contributed by atoms with Gasteiger partial charge in [-0.05, 0) is 12.3 Å². The lowest BCUT2D eigenvalue weighted by molar-refractivity contribution is -0.146. The molecule has 0 amide bonds. The van der Waals surface area contributed by atoms with E-state index in [4.69, 9.17) is 10.6 Å². The van der Waals surface area contributed by atoms with Crippen molar-refractivity contribution in [1.82, 2.24) is 14.9 Å². The molecule has 110 valence electrons. The molecule has 1 aromatic heterocycles. The van der Waals surface area contributed by atoms with Crippen LogP contribution in [0.25, 0.3) is 0 Å². The van der Waals surface area contributed by atoms with Gasteiger partial charge in [0.15, 0.2) is 0 Å². The van der Waals surface area contributed by atoms with E-state index in [1.54, 1.807) is 0 Å². The molecule has 0 radical (unpaired) electrons. The second-order valence-electron chi connectivity index (χ2n) is 4.32. The first-order valence-electron chi connectivity index (χ1n) is 5.80. The smallest absolute Gasteiger partial charge is 0.381 e. The van der Waals surface area contributed by atoms with E-state index in [1.807, 2.05) is 0 Å². The summed E-state index contributed by atoms with van der Waals surface area (Å²) < 4.78 is 43.0. The number of aromatic nitrogens is 3. The molecule has 0 unspecified atom stereocenters. The van der Waals surface area contributed by atoms with Crippen molar-refractivity contribution >= 4 is 11.8 Å². The highest BCUT2D eigenvalue weighted by atomic mass is 32.2. The van der Waals surface area contributed by atoms with Crippen molar-refractivity contribution in [1.29, 1.82) is 0 Å². The molecule has 0 aliphatic rings. The largest absolute Gasteiger partial charge is 0.453 e. The third-order valence-electron chi connectivity index (χ3n) is 2.22. The number of thioether (sulfide) groups is 1. The number of alkyl halides is 3. The summed E-state index contributed by atoms with van der Waals surface area (Å²) in [6.07, 6.45) is -3.63. The molecule has 0 aromatic carbocycles. The molecule has 2 N–H and O–H groups in total. The number of ether oxygens (including phenoxy) is 1. The normalized spacial score (nSPS) is 12.3. The zero-order valence-electron chi connectivity index (χ0n) is 10.8. The van der Waals surface area contributed by atoms with Crippen LogP contribution in [-0.2, 0) is 10.9 Å². The zero-order valence-corrected chi connectivity index (χ0v) is 11.6. The molecule has 5 nitrogen and oxygen atoms in total. The summed E-state index contributed by atoms with van der Waals surface area (Å²) in [4.78, 5) is 0. The Labute approximate surface area is 113 Å². The summed E-state index contributed by atoms with van der Waals surface area (Å²) in [6.45, 7) is 5.26. The van der Waals surface area contributed by atoms with Gasteiger partial charge in [-0.15, -0.1) is 10.2 Å². The molecular formula is C10H17F3N4OS. The van der Waals surface area contributed by atoms with Crippen LogP contribution in [0.5, 0.6) is 0 Å². The molecular weight excluding hydrogens is 281 g/mol. The quantitative estimate of drug-likeness (QED) is 0.475. The maximum absolute atomic E-state index is 12.4. The third kappa shape index (κ3) is 5.27. The van der Waals surface area contributed by atoms with E-state index < -0.39 is 12.0 Å². The molecule has 1 aromatic rings. The first kappa shape index (κ1) is 16.1. The average Bonchev–Trinajstić information content (AvgIpc) is 2.64. The third-order valence-corrected chi connectivity index (χ3v) is 3.12. The van der Waals surface area contributed by atoms with Crippen molar-refractivity contribution in [2.24, 2.45) is 5.92 Å². The Kier molecular flexibility index (Phi) is 5.92. The Balaban J connectivity index is 2.33. The van der Waals surface area contributed by atoms with Gasteiger partial charge in [0.1, 0.15) is 0 Å². The maximum atomic E-state index is 12.4. The van der Waals surface area contributed by atoms with Gasteiger partial charge in [0.25, 0.3) is 5.82 Å². The van der Waals surface area contributed by atoms with E-state index >= 15 is 0 Å². The fraction of sp³-hybridized carbons (Fsp3) is 0.800. The van der Waals surface area contributed by atoms with Crippen LogP contribution >= 0.6 is 11.8 Å². The van der Waals surface area contributed by atoms with Crippen LogP contribution in [-0.4, -0.2) is 33.8 Å². The summed E-state index contributed by atoms with van der Waals surface area (Å²) in [7, 11) is 0. The molecule has 0 saturated heterocycles. The van der Waals surface area contributed by atoms with E-state index in [0.717, 1.165) is 18.2 Å². The van der Waals surface area contributed by atoms with Crippen molar-refractivity contribution in [3.05, 3.63) is 5.82 Å². The van der Waals surface area contributed by atoms with Crippen LogP contribution in [0, 0.1) is 5.92 Å². The van der Waals surface area contributed by atoms with E-state index in [0.29, 0.717) is 29.6 Å². The Hall–Kier alpha value is -0.960. The van der Waals surface area contributed by atoms with Gasteiger partial charge < -0.3 is 10.6 Å². The van der Waals surface area contributed by atoms with Gasteiger partial charge >= 0.3 is 6.18 Å². The number of nitrogen functional groups attached to an aromatic ring is 1. The Morgan fingerprint density at radius 1 is 1.32 bits per heavy atom. The van der Waals surface area contributed by atoms with Crippen molar-refractivity contribution in [2.75, 3.05) is 24.8 Å². The second kappa shape index (κ2) is 6.99. The summed E-state index contributed by atoms with van der Waals surface area (Å²) in [5.74, 6) is 5.12. The highest BCUT2D eigenvalue weighted by molar-refractivity contribution is 7.99. The predicted octanol–water partition coefficient (Wildman–Crippen LogP) is 2.17. The summed E-state index contributed by atoms with van der Waals surface area (Å²) in [5, 5.41) is 6.46. The molecule has 0 fully saturated rings. The first-order valence-corrected chi connectivity index (χ1v) is 6.79. The molecule has 1 heterocycles. The van der Waals surface area contributed by atoms with Gasteiger partial charge in [-0.25, -0.2) is 4.68 Å². The van der Waals surface area contributed by atoms with Crippen LogP contribution < -0.4 is 5.84 Å². The van der Waals surface area contributed by atoms with Gasteiger partial charge in [0.05, 0.1) is 6.61 Å². The first-order chi connectivity index (χ1) is 8.82. The number of nitrogens with zero attached hydrogens (tertiary/aromatic N) is 3. The van der Waals surface area contributed by atoms with Gasteiger partial charge in [-0.2, -0.15) is 13.2 Å². The average molecular weight is 298 g/mol. The molecule has 0 saturated carbocycles. The minimum atomic E-state index is -4.59. The van der Waals surface area contributed by atoms with Crippen molar-refractivity contribution < 1.29 is 17.9 Å². The number of nitrogens with two attached hydrogens (primary N) is 1. The van der Waals surface area contributed by atoms with E-state index in [9.17, 15) is 13.2 Å². The number of hydrogen-bond acceptors (Lipinski definition) is 5. The predicted molar refractivity (Wildman–Crippen MR) is 66.2 cm³/mol. The van der Waals surface area contributed by atoms with Crippen molar-refractivity contribution in [3.63, 3.8) is 0 Å². The minimum absolute atomic E-state index is 0.0276. The van der Waals surface area contributed by atoms with E-state index in [-0.39, 0.29) is 5.16 Å². The highest BCUT2D eigenvalue weighted by Gasteiger charge is 2.38.